The topological polar surface area (TPSA) is 29.1 Å². The molecule has 0 radical (unpaired) electrons. The predicted octanol–water partition coefficient (Wildman–Crippen LogP) is 1.60. The van der Waals surface area contributed by atoms with E-state index in [4.69, 9.17) is 0 Å². The molecule has 11 heavy (non-hydrogen) atoms. The normalized spacial score (nSPS) is 13.5. The average Bonchev–Trinajstić information content (AvgIpc) is 1.98. The molecule has 0 aliphatic rings. The van der Waals surface area contributed by atoms with Gasteiger partial charge >= 0.3 is 0 Å². The molecule has 0 aromatic rings. The number of likely N-dealkylation sites (N-methyl/N-ethyl adjacent to an activating group) is 1. The van der Waals surface area contributed by atoms with Gasteiger partial charge in [0.2, 0.25) is 0 Å². The Bertz CT molecular complexity index is 121. The quantitative estimate of drug-likeness (QED) is 0.656. The Kier molecular flexibility index (Phi) is 5.12. The van der Waals surface area contributed by atoms with E-state index in [2.05, 4.69) is 19.2 Å². The lowest BCUT2D eigenvalue weighted by Gasteiger charge is -2.19. The van der Waals surface area contributed by atoms with Crippen molar-refractivity contribution in [3.05, 3.63) is 0 Å². The van der Waals surface area contributed by atoms with Crippen molar-refractivity contribution in [1.29, 1.82) is 0 Å². The minimum atomic E-state index is 0.0602. The maximum atomic E-state index is 11.3. The zero-order chi connectivity index (χ0) is 8.85. The Labute approximate surface area is 69.4 Å². The minimum Gasteiger partial charge on any atom is -0.308 e. The summed E-state index contributed by atoms with van der Waals surface area (Å²) < 4.78 is 0. The summed E-state index contributed by atoms with van der Waals surface area (Å²) in [5.74, 6) is 0.726. The summed E-state index contributed by atoms with van der Waals surface area (Å²) in [5.41, 5.74) is 0. The molecule has 0 spiro atoms. The van der Waals surface area contributed by atoms with E-state index in [-0.39, 0.29) is 6.04 Å². The second-order valence-corrected chi connectivity index (χ2v) is 3.10. The molecule has 2 heteroatoms. The Hall–Kier alpha value is -0.370. The van der Waals surface area contributed by atoms with E-state index in [1.807, 2.05) is 13.8 Å². The van der Waals surface area contributed by atoms with E-state index in [1.165, 1.54) is 0 Å². The first-order valence-electron chi connectivity index (χ1n) is 4.39. The van der Waals surface area contributed by atoms with Crippen LogP contribution in [0, 0.1) is 5.92 Å². The first kappa shape index (κ1) is 10.6. The van der Waals surface area contributed by atoms with Gasteiger partial charge in [-0.1, -0.05) is 27.7 Å². The van der Waals surface area contributed by atoms with E-state index in [9.17, 15) is 4.79 Å². The third-order valence-corrected chi connectivity index (χ3v) is 1.79. The van der Waals surface area contributed by atoms with Crippen molar-refractivity contribution in [2.45, 2.75) is 40.2 Å². The molecule has 66 valence electrons. The van der Waals surface area contributed by atoms with Gasteiger partial charge in [-0.2, -0.15) is 0 Å². The van der Waals surface area contributed by atoms with E-state index in [0.29, 0.717) is 18.1 Å². The molecule has 0 aromatic heterocycles. The van der Waals surface area contributed by atoms with Crippen LogP contribution in [0.4, 0.5) is 0 Å². The van der Waals surface area contributed by atoms with Gasteiger partial charge in [-0.25, -0.2) is 0 Å². The number of ketones is 1. The molecule has 0 saturated heterocycles. The molecule has 0 unspecified atom stereocenters. The van der Waals surface area contributed by atoms with Gasteiger partial charge in [0.1, 0.15) is 5.78 Å². The van der Waals surface area contributed by atoms with Crippen LogP contribution in [0.5, 0.6) is 0 Å². The standard InChI is InChI=1S/C9H19NO/c1-5-8(11)9(7(3)4)10-6-2/h7,9-10H,5-6H2,1-4H3/t9-/m1/s1. The molecule has 0 bridgehead atoms. The number of carbonyl (C=O) groups is 1. The molecular formula is C9H19NO. The number of Topliss-reactive ketones (excluding diaryl/α,β-unsaturated/α-hetero) is 1. The lowest BCUT2D eigenvalue weighted by atomic mass is 9.98. The van der Waals surface area contributed by atoms with Crippen LogP contribution >= 0.6 is 0 Å². The summed E-state index contributed by atoms with van der Waals surface area (Å²) in [4.78, 5) is 11.3. The van der Waals surface area contributed by atoms with Gasteiger partial charge < -0.3 is 5.32 Å². The monoisotopic (exact) mass is 157 g/mol. The molecule has 2 nitrogen and oxygen atoms in total. The van der Waals surface area contributed by atoms with Crippen LogP contribution in [-0.2, 0) is 4.79 Å². The van der Waals surface area contributed by atoms with Crippen LogP contribution in [0.25, 0.3) is 0 Å². The molecule has 1 N–H and O–H groups in total. The maximum Gasteiger partial charge on any atom is 0.149 e. The minimum absolute atomic E-state index is 0.0602. The third-order valence-electron chi connectivity index (χ3n) is 1.79. The summed E-state index contributed by atoms with van der Waals surface area (Å²) in [6, 6.07) is 0.0602. The van der Waals surface area contributed by atoms with Gasteiger partial charge in [0, 0.05) is 6.42 Å². The SMILES string of the molecule is CCN[C@@H](C(=O)CC)C(C)C. The fraction of sp³-hybridized carbons (Fsp3) is 0.889. The van der Waals surface area contributed by atoms with Crippen molar-refractivity contribution < 1.29 is 4.79 Å². The van der Waals surface area contributed by atoms with Crippen molar-refractivity contribution in [3.63, 3.8) is 0 Å². The zero-order valence-corrected chi connectivity index (χ0v) is 7.98. The molecule has 0 saturated carbocycles. The largest absolute Gasteiger partial charge is 0.308 e. The summed E-state index contributed by atoms with van der Waals surface area (Å²) >= 11 is 0. The average molecular weight is 157 g/mol. The van der Waals surface area contributed by atoms with Crippen LogP contribution in [0.2, 0.25) is 0 Å². The van der Waals surface area contributed by atoms with Crippen LogP contribution in [0.1, 0.15) is 34.1 Å². The second-order valence-electron chi connectivity index (χ2n) is 3.10. The van der Waals surface area contributed by atoms with Gasteiger partial charge in [0.15, 0.2) is 0 Å². The van der Waals surface area contributed by atoms with Crippen molar-refractivity contribution in [2.24, 2.45) is 5.92 Å². The number of hydrogen-bond acceptors (Lipinski definition) is 2. The fourth-order valence-electron chi connectivity index (χ4n) is 1.16. The van der Waals surface area contributed by atoms with Crippen LogP contribution in [0.3, 0.4) is 0 Å². The molecule has 0 amide bonds. The Morgan fingerprint density at radius 1 is 1.36 bits per heavy atom. The molecule has 1 atom stereocenters. The van der Waals surface area contributed by atoms with Crippen molar-refractivity contribution in [2.75, 3.05) is 6.54 Å². The van der Waals surface area contributed by atoms with Crippen molar-refractivity contribution in [1.82, 2.24) is 5.32 Å². The lowest BCUT2D eigenvalue weighted by molar-refractivity contribution is -0.121. The molecule has 0 aliphatic carbocycles. The highest BCUT2D eigenvalue weighted by atomic mass is 16.1. The van der Waals surface area contributed by atoms with Gasteiger partial charge in [-0.3, -0.25) is 4.79 Å². The second kappa shape index (κ2) is 5.30. The number of carbonyl (C=O) groups excluding carboxylic acids is 1. The fourth-order valence-corrected chi connectivity index (χ4v) is 1.16. The van der Waals surface area contributed by atoms with Gasteiger partial charge in [-0.05, 0) is 12.5 Å². The molecule has 0 heterocycles. The predicted molar refractivity (Wildman–Crippen MR) is 47.6 cm³/mol. The molecule has 0 aliphatic heterocycles. The van der Waals surface area contributed by atoms with Crippen LogP contribution in [0.15, 0.2) is 0 Å². The first-order valence-corrected chi connectivity index (χ1v) is 4.39. The third kappa shape index (κ3) is 3.51. The first-order chi connectivity index (χ1) is 5.13. The highest BCUT2D eigenvalue weighted by Crippen LogP contribution is 2.04. The van der Waals surface area contributed by atoms with Crippen molar-refractivity contribution in [3.8, 4) is 0 Å². The van der Waals surface area contributed by atoms with Gasteiger partial charge in [0.05, 0.1) is 6.04 Å². The number of nitrogens with one attached hydrogen (secondary N) is 1. The Morgan fingerprint density at radius 2 is 1.91 bits per heavy atom. The lowest BCUT2D eigenvalue weighted by Crippen LogP contribution is -2.40. The summed E-state index contributed by atoms with van der Waals surface area (Å²) in [7, 11) is 0. The summed E-state index contributed by atoms with van der Waals surface area (Å²) in [5, 5.41) is 3.18. The zero-order valence-electron chi connectivity index (χ0n) is 7.98. The Morgan fingerprint density at radius 3 is 2.18 bits per heavy atom. The van der Waals surface area contributed by atoms with Gasteiger partial charge in [-0.15, -0.1) is 0 Å². The highest BCUT2D eigenvalue weighted by molar-refractivity contribution is 5.83. The van der Waals surface area contributed by atoms with E-state index in [0.717, 1.165) is 6.54 Å². The van der Waals surface area contributed by atoms with Crippen LogP contribution in [-0.4, -0.2) is 18.4 Å². The number of rotatable bonds is 5. The molecular weight excluding hydrogens is 138 g/mol. The van der Waals surface area contributed by atoms with Crippen LogP contribution < -0.4 is 5.32 Å². The summed E-state index contributed by atoms with van der Waals surface area (Å²) in [6.45, 7) is 8.95. The maximum absolute atomic E-state index is 11.3. The van der Waals surface area contributed by atoms with Crippen molar-refractivity contribution >= 4 is 5.78 Å². The molecule has 0 rings (SSSR count). The van der Waals surface area contributed by atoms with E-state index in [1.54, 1.807) is 0 Å². The van der Waals surface area contributed by atoms with E-state index >= 15 is 0 Å². The highest BCUT2D eigenvalue weighted by Gasteiger charge is 2.18. The Balaban J connectivity index is 3.98. The van der Waals surface area contributed by atoms with Gasteiger partial charge in [0.25, 0.3) is 0 Å². The molecule has 0 fully saturated rings. The smallest absolute Gasteiger partial charge is 0.149 e. The molecule has 0 aromatic carbocycles. The number of hydrogen-bond donors (Lipinski definition) is 1. The van der Waals surface area contributed by atoms with E-state index < -0.39 is 0 Å². The summed E-state index contributed by atoms with van der Waals surface area (Å²) in [6.07, 6.45) is 0.635.